The minimum absolute atomic E-state index is 0.456. The summed E-state index contributed by atoms with van der Waals surface area (Å²) in [4.78, 5) is 20.6. The molecule has 70 valence electrons. The Labute approximate surface area is 76.1 Å². The number of aliphatic imine (C=N–C) groups is 1. The summed E-state index contributed by atoms with van der Waals surface area (Å²) >= 11 is 0. The highest BCUT2D eigenvalue weighted by Crippen LogP contribution is 2.33. The van der Waals surface area contributed by atoms with E-state index in [1.807, 2.05) is 30.3 Å². The predicted molar refractivity (Wildman–Crippen MR) is 50.9 cm³/mol. The lowest BCUT2D eigenvalue weighted by atomic mass is 10.2. The summed E-state index contributed by atoms with van der Waals surface area (Å²) in [6, 6.07) is 9.14. The molecule has 0 aliphatic carbocycles. The van der Waals surface area contributed by atoms with Gasteiger partial charge in [-0.05, 0) is 5.56 Å². The third-order valence-corrected chi connectivity index (χ3v) is 1.84. The fourth-order valence-electron chi connectivity index (χ4n) is 0.792. The molecule has 0 unspecified atom stereocenters. The summed E-state index contributed by atoms with van der Waals surface area (Å²) in [5, 5.41) is 0. The quantitative estimate of drug-likeness (QED) is 0.568. The van der Waals surface area contributed by atoms with Crippen LogP contribution in [0.25, 0.3) is 0 Å². The van der Waals surface area contributed by atoms with Crippen molar-refractivity contribution in [3.8, 4) is 0 Å². The van der Waals surface area contributed by atoms with E-state index in [4.69, 9.17) is 9.79 Å². The Bertz CT molecular complexity index is 331. The van der Waals surface area contributed by atoms with Crippen LogP contribution >= 0.6 is 7.60 Å². The molecule has 4 nitrogen and oxygen atoms in total. The van der Waals surface area contributed by atoms with Gasteiger partial charge in [-0.2, -0.15) is 0 Å². The largest absolute Gasteiger partial charge is 0.346 e. The van der Waals surface area contributed by atoms with Crippen molar-refractivity contribution >= 4 is 13.8 Å². The summed E-state index contributed by atoms with van der Waals surface area (Å²) in [6.45, 7) is 0. The Kier molecular flexibility index (Phi) is 3.37. The van der Waals surface area contributed by atoms with Gasteiger partial charge in [-0.3, -0.25) is 9.56 Å². The Morgan fingerprint density at radius 2 is 1.92 bits per heavy atom. The molecule has 0 aliphatic rings. The number of nitrogens with zero attached hydrogens (tertiary/aromatic N) is 1. The number of hydrogen-bond acceptors (Lipinski definition) is 2. The van der Waals surface area contributed by atoms with Crippen molar-refractivity contribution < 1.29 is 14.4 Å². The molecule has 1 aromatic carbocycles. The lowest BCUT2D eigenvalue weighted by molar-refractivity contribution is 0.374. The molecule has 0 saturated heterocycles. The van der Waals surface area contributed by atoms with Crippen molar-refractivity contribution in [2.45, 2.75) is 0 Å². The molecule has 1 aromatic rings. The zero-order valence-corrected chi connectivity index (χ0v) is 7.76. The highest BCUT2D eigenvalue weighted by Gasteiger charge is 2.09. The molecular formula is C8H10NO3P. The normalized spacial score (nSPS) is 12.2. The van der Waals surface area contributed by atoms with Gasteiger partial charge in [0.05, 0.1) is 0 Å². The lowest BCUT2D eigenvalue weighted by Crippen LogP contribution is -1.85. The molecule has 0 radical (unpaired) electrons. The van der Waals surface area contributed by atoms with E-state index in [1.165, 1.54) is 6.21 Å². The molecule has 0 spiro atoms. The fourth-order valence-corrected chi connectivity index (χ4v) is 1.09. The maximum absolute atomic E-state index is 10.4. The second-order valence-electron chi connectivity index (χ2n) is 2.53. The summed E-state index contributed by atoms with van der Waals surface area (Å²) in [6.07, 6.45) is 0.987. The Hall–Kier alpha value is -0.960. The van der Waals surface area contributed by atoms with Gasteiger partial charge < -0.3 is 9.79 Å². The van der Waals surface area contributed by atoms with Crippen molar-refractivity contribution in [1.82, 2.24) is 0 Å². The van der Waals surface area contributed by atoms with Crippen LogP contribution in [0.1, 0.15) is 5.56 Å². The monoisotopic (exact) mass is 199 g/mol. The van der Waals surface area contributed by atoms with E-state index in [1.54, 1.807) is 0 Å². The predicted octanol–water partition coefficient (Wildman–Crippen LogP) is 1.24. The molecule has 0 saturated carbocycles. The molecule has 0 bridgehead atoms. The van der Waals surface area contributed by atoms with Crippen LogP contribution in [0.15, 0.2) is 35.3 Å². The van der Waals surface area contributed by atoms with Crippen LogP contribution in [-0.2, 0) is 4.57 Å². The molecule has 0 amide bonds. The maximum Gasteiger partial charge on any atom is 0.346 e. The van der Waals surface area contributed by atoms with E-state index in [-0.39, 0.29) is 0 Å². The summed E-state index contributed by atoms with van der Waals surface area (Å²) in [5.74, 6) is 0. The number of benzene rings is 1. The van der Waals surface area contributed by atoms with Crippen LogP contribution in [-0.4, -0.2) is 22.3 Å². The average Bonchev–Trinajstić information content (AvgIpc) is 2.04. The van der Waals surface area contributed by atoms with Gasteiger partial charge in [0.15, 0.2) is 0 Å². The van der Waals surface area contributed by atoms with Crippen LogP contribution in [0.5, 0.6) is 0 Å². The van der Waals surface area contributed by atoms with E-state index in [0.717, 1.165) is 5.56 Å². The first kappa shape index (κ1) is 10.1. The maximum atomic E-state index is 10.4. The summed E-state index contributed by atoms with van der Waals surface area (Å²) in [5.41, 5.74) is 0.830. The van der Waals surface area contributed by atoms with Gasteiger partial charge in [0, 0.05) is 6.21 Å². The van der Waals surface area contributed by atoms with Crippen LogP contribution in [0.3, 0.4) is 0 Å². The Balaban J connectivity index is 2.56. The first-order valence-corrected chi connectivity index (χ1v) is 5.47. The van der Waals surface area contributed by atoms with Crippen LogP contribution in [0.2, 0.25) is 0 Å². The van der Waals surface area contributed by atoms with Crippen molar-refractivity contribution in [1.29, 1.82) is 0 Å². The highest BCUT2D eigenvalue weighted by molar-refractivity contribution is 7.51. The second-order valence-corrected chi connectivity index (χ2v) is 4.14. The van der Waals surface area contributed by atoms with E-state index >= 15 is 0 Å². The molecule has 13 heavy (non-hydrogen) atoms. The van der Waals surface area contributed by atoms with Crippen LogP contribution in [0.4, 0.5) is 0 Å². The molecule has 1 rings (SSSR count). The van der Waals surface area contributed by atoms with Gasteiger partial charge in [-0.1, -0.05) is 30.3 Å². The van der Waals surface area contributed by atoms with Gasteiger partial charge in [-0.25, -0.2) is 0 Å². The van der Waals surface area contributed by atoms with Crippen LogP contribution < -0.4 is 0 Å². The van der Waals surface area contributed by atoms with Gasteiger partial charge in [0.2, 0.25) is 0 Å². The van der Waals surface area contributed by atoms with Gasteiger partial charge in [0.25, 0.3) is 0 Å². The second kappa shape index (κ2) is 4.33. The van der Waals surface area contributed by atoms with Crippen molar-refractivity contribution in [2.24, 2.45) is 4.99 Å². The van der Waals surface area contributed by atoms with Gasteiger partial charge in [-0.15, -0.1) is 0 Å². The lowest BCUT2D eigenvalue weighted by Gasteiger charge is -1.96. The van der Waals surface area contributed by atoms with E-state index in [9.17, 15) is 4.57 Å². The third kappa shape index (κ3) is 4.58. The smallest absolute Gasteiger partial charge is 0.323 e. The fraction of sp³-hybridized carbons (Fsp3) is 0.125. The molecule has 0 aliphatic heterocycles. The van der Waals surface area contributed by atoms with Crippen molar-refractivity contribution in [3.63, 3.8) is 0 Å². The molecule has 0 aromatic heterocycles. The van der Waals surface area contributed by atoms with E-state index in [0.29, 0.717) is 0 Å². The molecule has 0 heterocycles. The van der Waals surface area contributed by atoms with Crippen molar-refractivity contribution in [3.05, 3.63) is 35.9 Å². The number of hydrogen-bond donors (Lipinski definition) is 2. The Morgan fingerprint density at radius 1 is 1.31 bits per heavy atom. The minimum atomic E-state index is -4.00. The first-order valence-electron chi connectivity index (χ1n) is 3.67. The topological polar surface area (TPSA) is 69.9 Å². The third-order valence-electron chi connectivity index (χ3n) is 1.31. The number of rotatable bonds is 3. The van der Waals surface area contributed by atoms with E-state index in [2.05, 4.69) is 4.99 Å². The highest BCUT2D eigenvalue weighted by atomic mass is 31.2. The minimum Gasteiger partial charge on any atom is -0.323 e. The van der Waals surface area contributed by atoms with Crippen molar-refractivity contribution in [2.75, 3.05) is 6.29 Å². The Morgan fingerprint density at radius 3 is 2.46 bits per heavy atom. The average molecular weight is 199 g/mol. The van der Waals surface area contributed by atoms with E-state index < -0.39 is 13.9 Å². The molecule has 2 N–H and O–H groups in total. The molecule has 0 atom stereocenters. The molecule has 5 heteroatoms. The van der Waals surface area contributed by atoms with Gasteiger partial charge in [0.1, 0.15) is 6.29 Å². The summed E-state index contributed by atoms with van der Waals surface area (Å²) in [7, 11) is -4.00. The zero-order chi connectivity index (χ0) is 9.73. The SMILES string of the molecule is O=P(O)(O)CN=Cc1ccccc1. The summed E-state index contributed by atoms with van der Waals surface area (Å²) < 4.78 is 10.4. The molecular weight excluding hydrogens is 189 g/mol. The van der Waals surface area contributed by atoms with Crippen LogP contribution in [0, 0.1) is 0 Å². The standard InChI is InChI=1S/C8H10NO3P/c10-13(11,12)7-9-6-8-4-2-1-3-5-8/h1-6H,7H2,(H2,10,11,12). The molecule has 0 fully saturated rings. The van der Waals surface area contributed by atoms with Gasteiger partial charge >= 0.3 is 7.60 Å². The zero-order valence-electron chi connectivity index (χ0n) is 6.87. The first-order chi connectivity index (χ1) is 6.08.